The molecule has 0 heterocycles. The topological polar surface area (TPSA) is 26.3 Å². The van der Waals surface area contributed by atoms with E-state index in [1.165, 1.54) is 56.6 Å². The van der Waals surface area contributed by atoms with E-state index in [-0.39, 0.29) is 5.97 Å². The first kappa shape index (κ1) is 16.6. The predicted octanol–water partition coefficient (Wildman–Crippen LogP) is 5.95. The van der Waals surface area contributed by atoms with Gasteiger partial charge in [0, 0.05) is 0 Å². The van der Waals surface area contributed by atoms with Crippen LogP contribution in [0.4, 0.5) is 0 Å². The Morgan fingerprint density at radius 2 is 1.64 bits per heavy atom. The van der Waals surface area contributed by atoms with E-state index in [1.807, 2.05) is 12.1 Å². The molecule has 2 heteroatoms. The highest BCUT2D eigenvalue weighted by Crippen LogP contribution is 2.47. The lowest BCUT2D eigenvalue weighted by Crippen LogP contribution is -2.29. The normalized spacial score (nSPS) is 29.2. The Morgan fingerprint density at radius 1 is 0.920 bits per heavy atom. The second-order valence-electron chi connectivity index (χ2n) is 8.26. The Kier molecular flexibility index (Phi) is 4.54. The fourth-order valence-electron chi connectivity index (χ4n) is 5.19. The van der Waals surface area contributed by atoms with Crippen LogP contribution < -0.4 is 0 Å². The lowest BCUT2D eigenvalue weighted by atomic mass is 9.64. The fraction of sp³-hybridized carbons (Fsp3) is 0.522. The molecule has 2 saturated carbocycles. The molecule has 2 aromatic rings. The summed E-state index contributed by atoms with van der Waals surface area (Å²) in [6, 6.07) is 12.7. The Bertz CT molecular complexity index is 779. The number of benzene rings is 2. The highest BCUT2D eigenvalue weighted by atomic mass is 16.5. The minimum atomic E-state index is -0.268. The Balaban J connectivity index is 1.55. The number of carbonyl (C=O) groups excluding carboxylic acids is 1. The van der Waals surface area contributed by atoms with Crippen LogP contribution in [0.25, 0.3) is 10.8 Å². The molecule has 2 aliphatic carbocycles. The van der Waals surface area contributed by atoms with Crippen LogP contribution in [0.5, 0.6) is 0 Å². The third-order valence-corrected chi connectivity index (χ3v) is 6.63. The van der Waals surface area contributed by atoms with Gasteiger partial charge in [-0.05, 0) is 84.2 Å². The van der Waals surface area contributed by atoms with Crippen LogP contribution in [0.15, 0.2) is 36.4 Å². The SMILES string of the molecule is COC(=O)c1ccc2cc(C3CC[C@H]4CC(C)CC[C@@H]4C3)ccc2c1. The van der Waals surface area contributed by atoms with Crippen LogP contribution in [-0.2, 0) is 4.74 Å². The van der Waals surface area contributed by atoms with Crippen molar-refractivity contribution < 1.29 is 9.53 Å². The minimum absolute atomic E-state index is 0.268. The smallest absolute Gasteiger partial charge is 0.337 e. The van der Waals surface area contributed by atoms with Gasteiger partial charge in [0.05, 0.1) is 12.7 Å². The average molecular weight is 336 g/mol. The molecule has 4 rings (SSSR count). The molecule has 0 amide bonds. The van der Waals surface area contributed by atoms with Crippen LogP contribution in [0.2, 0.25) is 0 Å². The molecule has 0 aromatic heterocycles. The molecule has 0 aliphatic heterocycles. The highest BCUT2D eigenvalue weighted by Gasteiger charge is 2.34. The molecule has 132 valence electrons. The van der Waals surface area contributed by atoms with Gasteiger partial charge in [0.1, 0.15) is 0 Å². The zero-order chi connectivity index (χ0) is 17.4. The number of hydrogen-bond donors (Lipinski definition) is 0. The summed E-state index contributed by atoms with van der Waals surface area (Å²) in [6.45, 7) is 2.42. The van der Waals surface area contributed by atoms with Gasteiger partial charge in [-0.25, -0.2) is 4.79 Å². The van der Waals surface area contributed by atoms with Gasteiger partial charge in [0.2, 0.25) is 0 Å². The molecule has 0 N–H and O–H groups in total. The monoisotopic (exact) mass is 336 g/mol. The van der Waals surface area contributed by atoms with Gasteiger partial charge in [-0.2, -0.15) is 0 Å². The van der Waals surface area contributed by atoms with Crippen molar-refractivity contribution in [2.45, 2.75) is 51.4 Å². The van der Waals surface area contributed by atoms with Gasteiger partial charge in [0.25, 0.3) is 0 Å². The second kappa shape index (κ2) is 6.82. The summed E-state index contributed by atoms with van der Waals surface area (Å²) >= 11 is 0. The molecule has 0 spiro atoms. The highest BCUT2D eigenvalue weighted by molar-refractivity contribution is 5.95. The van der Waals surface area contributed by atoms with Crippen molar-refractivity contribution in [3.05, 3.63) is 47.5 Å². The van der Waals surface area contributed by atoms with Gasteiger partial charge in [-0.1, -0.05) is 37.6 Å². The zero-order valence-electron chi connectivity index (χ0n) is 15.3. The Hall–Kier alpha value is -1.83. The molecule has 25 heavy (non-hydrogen) atoms. The Morgan fingerprint density at radius 3 is 2.48 bits per heavy atom. The van der Waals surface area contributed by atoms with Crippen LogP contribution in [-0.4, -0.2) is 13.1 Å². The number of methoxy groups -OCH3 is 1. The third kappa shape index (κ3) is 3.31. The molecule has 0 saturated heterocycles. The Labute approximate surface area is 150 Å². The summed E-state index contributed by atoms with van der Waals surface area (Å²) < 4.78 is 4.82. The summed E-state index contributed by atoms with van der Waals surface area (Å²) in [5.41, 5.74) is 2.11. The third-order valence-electron chi connectivity index (χ3n) is 6.63. The van der Waals surface area contributed by atoms with Crippen molar-refractivity contribution in [2.75, 3.05) is 7.11 Å². The number of hydrogen-bond acceptors (Lipinski definition) is 2. The number of esters is 1. The summed E-state index contributed by atoms with van der Waals surface area (Å²) in [4.78, 5) is 11.7. The minimum Gasteiger partial charge on any atom is -0.465 e. The van der Waals surface area contributed by atoms with Crippen molar-refractivity contribution in [3.63, 3.8) is 0 Å². The van der Waals surface area contributed by atoms with Gasteiger partial charge < -0.3 is 4.74 Å². The summed E-state index contributed by atoms with van der Waals surface area (Å²) in [7, 11) is 1.43. The predicted molar refractivity (Wildman–Crippen MR) is 102 cm³/mol. The van der Waals surface area contributed by atoms with E-state index < -0.39 is 0 Å². The molecule has 0 bridgehead atoms. The van der Waals surface area contributed by atoms with E-state index in [2.05, 4.69) is 31.2 Å². The molecule has 2 unspecified atom stereocenters. The summed E-state index contributed by atoms with van der Waals surface area (Å²) in [5.74, 6) is 3.29. The largest absolute Gasteiger partial charge is 0.465 e. The van der Waals surface area contributed by atoms with Crippen LogP contribution in [0.1, 0.15) is 67.3 Å². The first-order chi connectivity index (χ1) is 12.1. The van der Waals surface area contributed by atoms with Crippen molar-refractivity contribution in [2.24, 2.45) is 17.8 Å². The van der Waals surface area contributed by atoms with E-state index >= 15 is 0 Å². The van der Waals surface area contributed by atoms with E-state index in [0.29, 0.717) is 11.5 Å². The van der Waals surface area contributed by atoms with E-state index in [9.17, 15) is 4.79 Å². The molecular weight excluding hydrogens is 308 g/mol. The van der Waals surface area contributed by atoms with Crippen LogP contribution in [0, 0.1) is 17.8 Å². The van der Waals surface area contributed by atoms with E-state index in [1.54, 1.807) is 0 Å². The second-order valence-corrected chi connectivity index (χ2v) is 8.26. The molecule has 2 fully saturated rings. The quantitative estimate of drug-likeness (QED) is 0.634. The molecule has 2 nitrogen and oxygen atoms in total. The fourth-order valence-corrected chi connectivity index (χ4v) is 5.19. The van der Waals surface area contributed by atoms with Gasteiger partial charge in [-0.15, -0.1) is 0 Å². The maximum absolute atomic E-state index is 11.7. The van der Waals surface area contributed by atoms with Crippen molar-refractivity contribution >= 4 is 16.7 Å². The van der Waals surface area contributed by atoms with Crippen LogP contribution in [0.3, 0.4) is 0 Å². The van der Waals surface area contributed by atoms with Crippen molar-refractivity contribution in [3.8, 4) is 0 Å². The number of fused-ring (bicyclic) bond motifs is 2. The standard InChI is InChI=1S/C23H28O2/c1-15-3-4-17-12-18(6-5-16(17)11-15)19-7-8-21-14-22(23(24)25-2)10-9-20(21)13-19/h7-10,13-18H,3-6,11-12H2,1-2H3/t15?,16-,17+,18?/m0/s1. The van der Waals surface area contributed by atoms with Gasteiger partial charge >= 0.3 is 5.97 Å². The number of ether oxygens (including phenoxy) is 1. The van der Waals surface area contributed by atoms with Crippen molar-refractivity contribution in [1.29, 1.82) is 0 Å². The summed E-state index contributed by atoms with van der Waals surface area (Å²) in [6.07, 6.45) is 8.40. The van der Waals surface area contributed by atoms with E-state index in [4.69, 9.17) is 4.74 Å². The summed E-state index contributed by atoms with van der Waals surface area (Å²) in [5, 5.41) is 2.34. The van der Waals surface area contributed by atoms with Gasteiger partial charge in [0.15, 0.2) is 0 Å². The maximum Gasteiger partial charge on any atom is 0.337 e. The zero-order valence-corrected chi connectivity index (χ0v) is 15.3. The number of rotatable bonds is 2. The van der Waals surface area contributed by atoms with Crippen LogP contribution >= 0.6 is 0 Å². The molecule has 2 aromatic carbocycles. The lowest BCUT2D eigenvalue weighted by molar-refractivity contribution is 0.0601. The maximum atomic E-state index is 11.7. The first-order valence-corrected chi connectivity index (χ1v) is 9.76. The number of carbonyl (C=O) groups is 1. The molecular formula is C23H28O2. The molecule has 0 radical (unpaired) electrons. The van der Waals surface area contributed by atoms with E-state index in [0.717, 1.165) is 23.1 Å². The van der Waals surface area contributed by atoms with Crippen molar-refractivity contribution in [1.82, 2.24) is 0 Å². The average Bonchev–Trinajstić information content (AvgIpc) is 2.66. The lowest BCUT2D eigenvalue weighted by Gasteiger charge is -2.41. The first-order valence-electron chi connectivity index (χ1n) is 9.76. The molecule has 2 aliphatic rings. The molecule has 4 atom stereocenters. The van der Waals surface area contributed by atoms with Gasteiger partial charge in [-0.3, -0.25) is 0 Å².